The molecule has 3 heterocycles. The summed E-state index contributed by atoms with van der Waals surface area (Å²) in [5.74, 6) is 1.06. The Hall–Kier alpha value is -3.25. The summed E-state index contributed by atoms with van der Waals surface area (Å²) in [5, 5.41) is 6.53. The smallest absolute Gasteiger partial charge is 0.243 e. The maximum Gasteiger partial charge on any atom is 0.243 e. The molecule has 0 spiro atoms. The first-order valence-corrected chi connectivity index (χ1v) is 13.9. The van der Waals surface area contributed by atoms with Crippen LogP contribution in [-0.4, -0.2) is 87.1 Å². The number of aryl methyl sites for hydroxylation is 1. The van der Waals surface area contributed by atoms with Crippen molar-refractivity contribution in [1.29, 1.82) is 0 Å². The third-order valence-electron chi connectivity index (χ3n) is 6.67. The number of ether oxygens (including phenoxy) is 1. The lowest BCUT2D eigenvalue weighted by Gasteiger charge is -2.34. The van der Waals surface area contributed by atoms with E-state index in [4.69, 9.17) is 4.74 Å². The Bertz CT molecular complexity index is 1320. The van der Waals surface area contributed by atoms with Crippen molar-refractivity contribution in [3.05, 3.63) is 60.3 Å². The number of likely N-dealkylation sites (N-methyl/N-ethyl adjacent to an activating group) is 1. The number of nitrogens with zero attached hydrogens (tertiary/aromatic N) is 5. The van der Waals surface area contributed by atoms with Crippen molar-refractivity contribution in [2.45, 2.75) is 11.8 Å². The zero-order chi connectivity index (χ0) is 25.8. The standard InChI is InChI=1S/C26H33N7O3S/c1-20-19-27-26(29-21-6-8-23(9-7-21)32-12-10-31(2)11-13-32)30-25(20)28-22-4-3-5-24(18-22)37(34,35)33-14-16-36-17-15-33/h3-9,18-19H,10-17H2,1-2H3,(H2,27,28,29,30). The van der Waals surface area contributed by atoms with Gasteiger partial charge in [0.1, 0.15) is 5.82 Å². The maximum absolute atomic E-state index is 13.1. The monoisotopic (exact) mass is 523 g/mol. The van der Waals surface area contributed by atoms with Crippen molar-refractivity contribution in [3.63, 3.8) is 0 Å². The molecule has 196 valence electrons. The lowest BCUT2D eigenvalue weighted by atomic mass is 10.2. The van der Waals surface area contributed by atoms with Crippen molar-refractivity contribution in [1.82, 2.24) is 19.2 Å². The van der Waals surface area contributed by atoms with Gasteiger partial charge in [0.2, 0.25) is 16.0 Å². The Labute approximate surface area is 218 Å². The van der Waals surface area contributed by atoms with E-state index in [1.54, 1.807) is 24.4 Å². The lowest BCUT2D eigenvalue weighted by molar-refractivity contribution is 0.0730. The van der Waals surface area contributed by atoms with Crippen LogP contribution in [-0.2, 0) is 14.8 Å². The number of benzene rings is 2. The molecule has 2 aromatic carbocycles. The molecule has 0 aliphatic carbocycles. The number of piperazine rings is 1. The predicted molar refractivity (Wildman–Crippen MR) is 146 cm³/mol. The molecule has 0 bridgehead atoms. The largest absolute Gasteiger partial charge is 0.379 e. The zero-order valence-corrected chi connectivity index (χ0v) is 22.0. The topological polar surface area (TPSA) is 103 Å². The number of anilines is 5. The zero-order valence-electron chi connectivity index (χ0n) is 21.2. The molecule has 0 saturated carbocycles. The Morgan fingerprint density at radius 3 is 2.35 bits per heavy atom. The van der Waals surface area contributed by atoms with Gasteiger partial charge in [-0.05, 0) is 56.4 Å². The van der Waals surface area contributed by atoms with Crippen molar-refractivity contribution in [2.24, 2.45) is 0 Å². The SMILES string of the molecule is Cc1cnc(Nc2ccc(N3CCN(C)CC3)cc2)nc1Nc1cccc(S(=O)(=O)N2CCOCC2)c1. The van der Waals surface area contributed by atoms with Crippen LogP contribution in [0.3, 0.4) is 0 Å². The minimum absolute atomic E-state index is 0.241. The molecule has 2 aliphatic rings. The summed E-state index contributed by atoms with van der Waals surface area (Å²) < 4.78 is 32.9. The molecule has 11 heteroatoms. The summed E-state index contributed by atoms with van der Waals surface area (Å²) in [6.07, 6.45) is 1.74. The fourth-order valence-corrected chi connectivity index (χ4v) is 5.84. The van der Waals surface area contributed by atoms with E-state index in [1.165, 1.54) is 9.99 Å². The quantitative estimate of drug-likeness (QED) is 0.484. The first-order valence-electron chi connectivity index (χ1n) is 12.5. The van der Waals surface area contributed by atoms with E-state index >= 15 is 0 Å². The second kappa shape index (κ2) is 11.0. The number of aromatic nitrogens is 2. The normalized spacial score (nSPS) is 17.5. The second-order valence-electron chi connectivity index (χ2n) is 9.36. The minimum Gasteiger partial charge on any atom is -0.379 e. The number of hydrogen-bond donors (Lipinski definition) is 2. The molecule has 0 atom stereocenters. The highest BCUT2D eigenvalue weighted by Gasteiger charge is 2.26. The van der Waals surface area contributed by atoms with Gasteiger partial charge >= 0.3 is 0 Å². The average Bonchev–Trinajstić information content (AvgIpc) is 2.92. The van der Waals surface area contributed by atoms with Gasteiger partial charge in [-0.1, -0.05) is 6.07 Å². The third kappa shape index (κ3) is 6.02. The van der Waals surface area contributed by atoms with Crippen molar-refractivity contribution < 1.29 is 13.2 Å². The molecule has 2 N–H and O–H groups in total. The summed E-state index contributed by atoms with van der Waals surface area (Å²) in [7, 11) is -1.44. The fourth-order valence-electron chi connectivity index (χ4n) is 4.39. The maximum atomic E-state index is 13.1. The molecular weight excluding hydrogens is 490 g/mol. The average molecular weight is 524 g/mol. The van der Waals surface area contributed by atoms with E-state index in [9.17, 15) is 8.42 Å². The Kier molecular flexibility index (Phi) is 7.56. The first-order chi connectivity index (χ1) is 17.9. The molecule has 10 nitrogen and oxygen atoms in total. The molecule has 0 amide bonds. The molecule has 2 aliphatic heterocycles. The van der Waals surface area contributed by atoms with E-state index < -0.39 is 10.0 Å². The van der Waals surface area contributed by atoms with Crippen molar-refractivity contribution in [3.8, 4) is 0 Å². The van der Waals surface area contributed by atoms with Crippen molar-refractivity contribution >= 4 is 38.9 Å². The lowest BCUT2D eigenvalue weighted by Crippen LogP contribution is -2.44. The summed E-state index contributed by atoms with van der Waals surface area (Å²) >= 11 is 0. The van der Waals surface area contributed by atoms with E-state index in [2.05, 4.69) is 49.6 Å². The van der Waals surface area contributed by atoms with Gasteiger partial charge < -0.3 is 25.2 Å². The van der Waals surface area contributed by atoms with Gasteiger partial charge in [0.05, 0.1) is 18.1 Å². The van der Waals surface area contributed by atoms with Gasteiger partial charge in [0, 0.05) is 68.1 Å². The van der Waals surface area contributed by atoms with Crippen LogP contribution < -0.4 is 15.5 Å². The van der Waals surface area contributed by atoms with E-state index in [-0.39, 0.29) is 4.90 Å². The van der Waals surface area contributed by atoms with Gasteiger partial charge in [-0.15, -0.1) is 0 Å². The van der Waals surface area contributed by atoms with Crippen LogP contribution in [0.2, 0.25) is 0 Å². The molecule has 2 saturated heterocycles. The van der Waals surface area contributed by atoms with Gasteiger partial charge in [0.15, 0.2) is 0 Å². The predicted octanol–water partition coefficient (Wildman–Crippen LogP) is 3.04. The summed E-state index contributed by atoms with van der Waals surface area (Å²) in [6, 6.07) is 15.1. The third-order valence-corrected chi connectivity index (χ3v) is 8.56. The highest BCUT2D eigenvalue weighted by molar-refractivity contribution is 7.89. The highest BCUT2D eigenvalue weighted by Crippen LogP contribution is 2.26. The van der Waals surface area contributed by atoms with Crippen LogP contribution in [0.4, 0.5) is 28.8 Å². The number of nitrogens with one attached hydrogen (secondary N) is 2. The molecular formula is C26H33N7O3S. The van der Waals surface area contributed by atoms with Crippen LogP contribution in [0, 0.1) is 6.92 Å². The number of rotatable bonds is 7. The molecule has 0 radical (unpaired) electrons. The minimum atomic E-state index is -3.59. The van der Waals surface area contributed by atoms with E-state index in [1.807, 2.05) is 25.1 Å². The fraction of sp³-hybridized carbons (Fsp3) is 0.385. The van der Waals surface area contributed by atoms with Crippen LogP contribution in [0.15, 0.2) is 59.6 Å². The Morgan fingerprint density at radius 1 is 0.892 bits per heavy atom. The van der Waals surface area contributed by atoms with Crippen LogP contribution in [0.5, 0.6) is 0 Å². The van der Waals surface area contributed by atoms with E-state index in [0.29, 0.717) is 43.8 Å². The molecule has 5 rings (SSSR count). The van der Waals surface area contributed by atoms with Gasteiger partial charge in [-0.3, -0.25) is 0 Å². The van der Waals surface area contributed by atoms with Crippen LogP contribution >= 0.6 is 0 Å². The second-order valence-corrected chi connectivity index (χ2v) is 11.3. The Morgan fingerprint density at radius 2 is 1.62 bits per heavy atom. The van der Waals surface area contributed by atoms with Crippen molar-refractivity contribution in [2.75, 3.05) is 75.1 Å². The molecule has 37 heavy (non-hydrogen) atoms. The Balaban J connectivity index is 1.28. The number of morpholine rings is 1. The highest BCUT2D eigenvalue weighted by atomic mass is 32.2. The molecule has 2 fully saturated rings. The van der Waals surface area contributed by atoms with Crippen LogP contribution in [0.25, 0.3) is 0 Å². The summed E-state index contributed by atoms with van der Waals surface area (Å²) in [5.41, 5.74) is 3.58. The summed E-state index contributed by atoms with van der Waals surface area (Å²) in [6.45, 7) is 7.61. The van der Waals surface area contributed by atoms with E-state index in [0.717, 1.165) is 37.4 Å². The molecule has 3 aromatic rings. The summed E-state index contributed by atoms with van der Waals surface area (Å²) in [4.78, 5) is 14.0. The molecule has 1 aromatic heterocycles. The van der Waals surface area contributed by atoms with Crippen LogP contribution in [0.1, 0.15) is 5.56 Å². The number of sulfonamides is 1. The molecule has 0 unspecified atom stereocenters. The number of hydrogen-bond acceptors (Lipinski definition) is 9. The first kappa shape index (κ1) is 25.4. The van der Waals surface area contributed by atoms with Gasteiger partial charge in [-0.25, -0.2) is 13.4 Å². The van der Waals surface area contributed by atoms with Gasteiger partial charge in [0.25, 0.3) is 0 Å². The van der Waals surface area contributed by atoms with Gasteiger partial charge in [-0.2, -0.15) is 9.29 Å².